The highest BCUT2D eigenvalue weighted by molar-refractivity contribution is 5.31. The average molecular weight is 249 g/mol. The Bertz CT molecular complexity index is 373. The molecule has 0 radical (unpaired) electrons. The van der Waals surface area contributed by atoms with Gasteiger partial charge in [0.2, 0.25) is 0 Å². The Morgan fingerprint density at radius 3 is 2.50 bits per heavy atom. The predicted octanol–water partition coefficient (Wildman–Crippen LogP) is 2.42. The molecule has 3 nitrogen and oxygen atoms in total. The first-order valence-corrected chi connectivity index (χ1v) is 6.84. The van der Waals surface area contributed by atoms with Crippen LogP contribution < -0.4 is 5.32 Å². The van der Waals surface area contributed by atoms with Crippen molar-refractivity contribution in [3.05, 3.63) is 29.8 Å². The first-order chi connectivity index (χ1) is 8.76. The van der Waals surface area contributed by atoms with E-state index in [-0.39, 0.29) is 12.0 Å². The van der Waals surface area contributed by atoms with Gasteiger partial charge in [-0.25, -0.2) is 0 Å². The zero-order chi connectivity index (χ0) is 12.8. The van der Waals surface area contributed by atoms with Crippen molar-refractivity contribution in [1.82, 2.24) is 5.32 Å². The third-order valence-electron chi connectivity index (χ3n) is 4.06. The van der Waals surface area contributed by atoms with Gasteiger partial charge in [0.25, 0.3) is 0 Å². The molecule has 1 aromatic carbocycles. The molecule has 3 heteroatoms. The van der Waals surface area contributed by atoms with Crippen LogP contribution in [0.25, 0.3) is 0 Å². The van der Waals surface area contributed by atoms with Crippen LogP contribution in [0.2, 0.25) is 0 Å². The summed E-state index contributed by atoms with van der Waals surface area (Å²) in [5.74, 6) is 0.340. The number of para-hydroxylation sites is 1. The second kappa shape index (κ2) is 6.21. The molecule has 0 heterocycles. The first kappa shape index (κ1) is 13.4. The molecule has 2 rings (SSSR count). The van der Waals surface area contributed by atoms with Crippen LogP contribution in [-0.4, -0.2) is 23.4 Å². The minimum atomic E-state index is 0.0582. The molecule has 0 bridgehead atoms. The number of hydrogen-bond acceptors (Lipinski definition) is 3. The van der Waals surface area contributed by atoms with Crippen molar-refractivity contribution in [2.45, 2.75) is 38.6 Å². The van der Waals surface area contributed by atoms with Gasteiger partial charge < -0.3 is 15.5 Å². The maximum atomic E-state index is 9.68. The van der Waals surface area contributed by atoms with E-state index in [2.05, 4.69) is 5.32 Å². The lowest BCUT2D eigenvalue weighted by atomic mass is 9.74. The normalized spacial score (nSPS) is 18.7. The summed E-state index contributed by atoms with van der Waals surface area (Å²) in [6.07, 6.45) is 5.95. The van der Waals surface area contributed by atoms with Crippen LogP contribution in [0.5, 0.6) is 5.75 Å². The van der Waals surface area contributed by atoms with E-state index in [1.54, 1.807) is 6.07 Å². The molecule has 0 aromatic heterocycles. The predicted molar refractivity (Wildman–Crippen MR) is 72.4 cm³/mol. The molecule has 1 aliphatic rings. The highest BCUT2D eigenvalue weighted by Gasteiger charge is 2.30. The Kier molecular flexibility index (Phi) is 4.61. The number of benzene rings is 1. The molecule has 1 aromatic rings. The van der Waals surface area contributed by atoms with Crippen molar-refractivity contribution in [1.29, 1.82) is 0 Å². The standard InChI is InChI=1S/C15H23NO2/c17-12-15(8-4-1-5-9-15)11-16-10-13-6-2-3-7-14(13)18/h2-3,6-7,16-18H,1,4-5,8-12H2. The maximum Gasteiger partial charge on any atom is 0.120 e. The summed E-state index contributed by atoms with van der Waals surface area (Å²) < 4.78 is 0. The SMILES string of the molecule is OCC1(CNCc2ccccc2O)CCCCC1. The molecule has 1 saturated carbocycles. The summed E-state index contributed by atoms with van der Waals surface area (Å²) in [5, 5.41) is 22.7. The Labute approximate surface area is 109 Å². The van der Waals surface area contributed by atoms with Gasteiger partial charge in [0, 0.05) is 30.7 Å². The molecule has 0 saturated heterocycles. The van der Waals surface area contributed by atoms with Gasteiger partial charge in [0.15, 0.2) is 0 Å². The molecule has 0 amide bonds. The van der Waals surface area contributed by atoms with Crippen LogP contribution in [0, 0.1) is 5.41 Å². The Balaban J connectivity index is 1.85. The summed E-state index contributed by atoms with van der Waals surface area (Å²) >= 11 is 0. The first-order valence-electron chi connectivity index (χ1n) is 6.84. The second-order valence-corrected chi connectivity index (χ2v) is 5.45. The van der Waals surface area contributed by atoms with Crippen molar-refractivity contribution in [3.8, 4) is 5.75 Å². The summed E-state index contributed by atoms with van der Waals surface area (Å²) in [5.41, 5.74) is 0.976. The van der Waals surface area contributed by atoms with Gasteiger partial charge >= 0.3 is 0 Å². The van der Waals surface area contributed by atoms with Crippen LogP contribution in [-0.2, 0) is 6.54 Å². The van der Waals surface area contributed by atoms with E-state index in [9.17, 15) is 10.2 Å². The van der Waals surface area contributed by atoms with Gasteiger partial charge in [-0.15, -0.1) is 0 Å². The van der Waals surface area contributed by atoms with Gasteiger partial charge in [-0.2, -0.15) is 0 Å². The Morgan fingerprint density at radius 1 is 1.11 bits per heavy atom. The van der Waals surface area contributed by atoms with Gasteiger partial charge in [-0.3, -0.25) is 0 Å². The highest BCUT2D eigenvalue weighted by atomic mass is 16.3. The van der Waals surface area contributed by atoms with Crippen LogP contribution in [0.4, 0.5) is 0 Å². The molecule has 1 fully saturated rings. The van der Waals surface area contributed by atoms with E-state index >= 15 is 0 Å². The number of nitrogens with one attached hydrogen (secondary N) is 1. The van der Waals surface area contributed by atoms with Crippen LogP contribution in [0.3, 0.4) is 0 Å². The lowest BCUT2D eigenvalue weighted by molar-refractivity contribution is 0.0810. The van der Waals surface area contributed by atoms with E-state index in [0.717, 1.165) is 24.9 Å². The zero-order valence-corrected chi connectivity index (χ0v) is 10.9. The lowest BCUT2D eigenvalue weighted by Crippen LogP contribution is -2.38. The van der Waals surface area contributed by atoms with Crippen LogP contribution in [0.1, 0.15) is 37.7 Å². The average Bonchev–Trinajstić information content (AvgIpc) is 2.42. The van der Waals surface area contributed by atoms with Crippen molar-refractivity contribution < 1.29 is 10.2 Å². The fourth-order valence-corrected chi connectivity index (χ4v) is 2.82. The van der Waals surface area contributed by atoms with Crippen molar-refractivity contribution in [2.24, 2.45) is 5.41 Å². The minimum Gasteiger partial charge on any atom is -0.508 e. The summed E-state index contributed by atoms with van der Waals surface area (Å²) in [6, 6.07) is 7.39. The van der Waals surface area contributed by atoms with E-state index in [1.165, 1.54) is 19.3 Å². The van der Waals surface area contributed by atoms with Gasteiger partial charge in [0.05, 0.1) is 0 Å². The van der Waals surface area contributed by atoms with E-state index in [1.807, 2.05) is 18.2 Å². The third kappa shape index (κ3) is 3.24. The summed E-state index contributed by atoms with van der Waals surface area (Å²) in [4.78, 5) is 0. The smallest absolute Gasteiger partial charge is 0.120 e. The van der Waals surface area contributed by atoms with Crippen LogP contribution >= 0.6 is 0 Å². The number of hydrogen-bond donors (Lipinski definition) is 3. The van der Waals surface area contributed by atoms with Crippen molar-refractivity contribution >= 4 is 0 Å². The second-order valence-electron chi connectivity index (χ2n) is 5.45. The maximum absolute atomic E-state index is 9.68. The fourth-order valence-electron chi connectivity index (χ4n) is 2.82. The fraction of sp³-hybridized carbons (Fsp3) is 0.600. The van der Waals surface area contributed by atoms with Gasteiger partial charge in [0.1, 0.15) is 5.75 Å². The number of aliphatic hydroxyl groups is 1. The number of aliphatic hydroxyl groups excluding tert-OH is 1. The molecule has 0 spiro atoms. The summed E-state index contributed by atoms with van der Waals surface area (Å²) in [7, 11) is 0. The van der Waals surface area contributed by atoms with Crippen molar-refractivity contribution in [3.63, 3.8) is 0 Å². The number of phenolic OH excluding ortho intramolecular Hbond substituents is 1. The largest absolute Gasteiger partial charge is 0.508 e. The lowest BCUT2D eigenvalue weighted by Gasteiger charge is -2.35. The molecule has 0 unspecified atom stereocenters. The molecular weight excluding hydrogens is 226 g/mol. The molecule has 18 heavy (non-hydrogen) atoms. The zero-order valence-electron chi connectivity index (χ0n) is 10.9. The van der Waals surface area contributed by atoms with E-state index in [0.29, 0.717) is 12.3 Å². The monoisotopic (exact) mass is 249 g/mol. The minimum absolute atomic E-state index is 0.0582. The highest BCUT2D eigenvalue weighted by Crippen LogP contribution is 2.35. The van der Waals surface area contributed by atoms with Crippen molar-refractivity contribution in [2.75, 3.05) is 13.2 Å². The molecule has 0 atom stereocenters. The molecular formula is C15H23NO2. The molecule has 3 N–H and O–H groups in total. The number of rotatable bonds is 5. The summed E-state index contributed by atoms with van der Waals surface area (Å²) in [6.45, 7) is 1.76. The van der Waals surface area contributed by atoms with E-state index < -0.39 is 0 Å². The third-order valence-corrected chi connectivity index (χ3v) is 4.06. The van der Waals surface area contributed by atoms with Crippen LogP contribution in [0.15, 0.2) is 24.3 Å². The Morgan fingerprint density at radius 2 is 1.83 bits per heavy atom. The Hall–Kier alpha value is -1.06. The molecule has 0 aliphatic heterocycles. The quantitative estimate of drug-likeness (QED) is 0.751. The molecule has 100 valence electrons. The topological polar surface area (TPSA) is 52.5 Å². The van der Waals surface area contributed by atoms with E-state index in [4.69, 9.17) is 0 Å². The number of aromatic hydroxyl groups is 1. The molecule has 1 aliphatic carbocycles. The number of phenols is 1. The van der Waals surface area contributed by atoms with Gasteiger partial charge in [-0.1, -0.05) is 37.5 Å². The van der Waals surface area contributed by atoms with Gasteiger partial charge in [-0.05, 0) is 18.9 Å².